The van der Waals surface area contributed by atoms with E-state index in [1.54, 1.807) is 6.07 Å². The predicted molar refractivity (Wildman–Crippen MR) is 99.1 cm³/mol. The van der Waals surface area contributed by atoms with Crippen LogP contribution in [0.3, 0.4) is 0 Å². The molecule has 0 atom stereocenters. The fraction of sp³-hybridized carbons (Fsp3) is 0.136. The summed E-state index contributed by atoms with van der Waals surface area (Å²) >= 11 is 0. The maximum absolute atomic E-state index is 11.2. The number of benzene rings is 3. The molecule has 0 aromatic heterocycles. The van der Waals surface area contributed by atoms with E-state index in [0.717, 1.165) is 22.3 Å². The number of carboxylic acid groups (broad SMARTS) is 1. The topological polar surface area (TPSA) is 46.5 Å². The summed E-state index contributed by atoms with van der Waals surface area (Å²) in [7, 11) is 0. The Morgan fingerprint density at radius 1 is 0.840 bits per heavy atom. The van der Waals surface area contributed by atoms with Crippen molar-refractivity contribution in [3.63, 3.8) is 0 Å². The third-order valence-corrected chi connectivity index (χ3v) is 4.45. The van der Waals surface area contributed by atoms with Gasteiger partial charge >= 0.3 is 6.16 Å². The molecule has 0 saturated heterocycles. The SMILES string of the molecule is CC(C)(c1ccccc1)c1cccc(OC(=O)O)c1-c1ccccc1. The molecule has 0 radical (unpaired) electrons. The van der Waals surface area contributed by atoms with E-state index in [9.17, 15) is 4.79 Å². The normalized spacial score (nSPS) is 11.1. The van der Waals surface area contributed by atoms with E-state index in [4.69, 9.17) is 9.84 Å². The molecule has 0 unspecified atom stereocenters. The molecule has 25 heavy (non-hydrogen) atoms. The van der Waals surface area contributed by atoms with Crippen LogP contribution in [0.4, 0.5) is 4.79 Å². The van der Waals surface area contributed by atoms with E-state index >= 15 is 0 Å². The van der Waals surface area contributed by atoms with Crippen molar-refractivity contribution < 1.29 is 14.6 Å². The zero-order valence-electron chi connectivity index (χ0n) is 14.3. The molecular formula is C22H20O3. The van der Waals surface area contributed by atoms with Crippen molar-refractivity contribution in [1.29, 1.82) is 0 Å². The van der Waals surface area contributed by atoms with Crippen LogP contribution < -0.4 is 4.74 Å². The number of hydrogen-bond donors (Lipinski definition) is 1. The van der Waals surface area contributed by atoms with Crippen molar-refractivity contribution >= 4 is 6.16 Å². The van der Waals surface area contributed by atoms with Crippen LogP contribution in [-0.4, -0.2) is 11.3 Å². The predicted octanol–water partition coefficient (Wildman–Crippen LogP) is 5.74. The molecule has 126 valence electrons. The van der Waals surface area contributed by atoms with Crippen molar-refractivity contribution in [3.8, 4) is 16.9 Å². The Labute approximate surface area is 147 Å². The number of hydrogen-bond acceptors (Lipinski definition) is 2. The first kappa shape index (κ1) is 16.8. The third-order valence-electron chi connectivity index (χ3n) is 4.45. The lowest BCUT2D eigenvalue weighted by Crippen LogP contribution is -2.20. The molecule has 0 heterocycles. The second kappa shape index (κ2) is 6.81. The second-order valence-corrected chi connectivity index (χ2v) is 6.40. The average Bonchev–Trinajstić information content (AvgIpc) is 2.62. The van der Waals surface area contributed by atoms with E-state index in [1.165, 1.54) is 0 Å². The van der Waals surface area contributed by atoms with Gasteiger partial charge in [0.25, 0.3) is 0 Å². The third kappa shape index (κ3) is 3.41. The van der Waals surface area contributed by atoms with Crippen molar-refractivity contribution in [2.45, 2.75) is 19.3 Å². The fourth-order valence-corrected chi connectivity index (χ4v) is 3.14. The Bertz CT molecular complexity index is 868. The Morgan fingerprint density at radius 3 is 2.04 bits per heavy atom. The highest BCUT2D eigenvalue weighted by Gasteiger charge is 2.28. The Balaban J connectivity index is 2.25. The van der Waals surface area contributed by atoms with Gasteiger partial charge < -0.3 is 9.84 Å². The maximum atomic E-state index is 11.2. The van der Waals surface area contributed by atoms with Gasteiger partial charge in [0, 0.05) is 11.0 Å². The van der Waals surface area contributed by atoms with Crippen molar-refractivity contribution in [2.75, 3.05) is 0 Å². The van der Waals surface area contributed by atoms with E-state index < -0.39 is 6.16 Å². The van der Waals surface area contributed by atoms with Gasteiger partial charge in [-0.1, -0.05) is 86.6 Å². The van der Waals surface area contributed by atoms with Crippen molar-refractivity contribution in [1.82, 2.24) is 0 Å². The molecule has 0 amide bonds. The maximum Gasteiger partial charge on any atom is 0.511 e. The summed E-state index contributed by atoms with van der Waals surface area (Å²) in [6.07, 6.45) is -1.31. The summed E-state index contributed by atoms with van der Waals surface area (Å²) in [6, 6.07) is 25.5. The Kier molecular flexibility index (Phi) is 4.57. The monoisotopic (exact) mass is 332 g/mol. The molecule has 3 rings (SSSR count). The van der Waals surface area contributed by atoms with E-state index in [0.29, 0.717) is 5.75 Å². The molecule has 1 N–H and O–H groups in total. The van der Waals surface area contributed by atoms with Crippen LogP contribution in [0.1, 0.15) is 25.0 Å². The smallest absolute Gasteiger partial charge is 0.449 e. The highest BCUT2D eigenvalue weighted by molar-refractivity contribution is 5.78. The van der Waals surface area contributed by atoms with Crippen LogP contribution in [0.25, 0.3) is 11.1 Å². The molecule has 0 fully saturated rings. The second-order valence-electron chi connectivity index (χ2n) is 6.40. The average molecular weight is 332 g/mol. The quantitative estimate of drug-likeness (QED) is 0.490. The molecule has 0 aliphatic heterocycles. The number of carbonyl (C=O) groups is 1. The highest BCUT2D eigenvalue weighted by Crippen LogP contribution is 2.42. The molecule has 0 saturated carbocycles. The summed E-state index contributed by atoms with van der Waals surface area (Å²) in [4.78, 5) is 11.2. The van der Waals surface area contributed by atoms with Gasteiger partial charge in [-0.25, -0.2) is 4.79 Å². The largest absolute Gasteiger partial charge is 0.511 e. The molecule has 0 bridgehead atoms. The van der Waals surface area contributed by atoms with Gasteiger partial charge in [-0.05, 0) is 22.8 Å². The minimum Gasteiger partial charge on any atom is -0.449 e. The van der Waals surface area contributed by atoms with E-state index in [2.05, 4.69) is 26.0 Å². The molecule has 0 spiro atoms. The minimum atomic E-state index is -1.31. The summed E-state index contributed by atoms with van der Waals surface area (Å²) in [5.74, 6) is 0.347. The van der Waals surface area contributed by atoms with Gasteiger partial charge in [0.2, 0.25) is 0 Å². The summed E-state index contributed by atoms with van der Waals surface area (Å²) in [6.45, 7) is 4.27. The van der Waals surface area contributed by atoms with Gasteiger partial charge in [0.1, 0.15) is 5.75 Å². The van der Waals surface area contributed by atoms with Gasteiger partial charge in [0.15, 0.2) is 0 Å². The lowest BCUT2D eigenvalue weighted by atomic mass is 9.75. The van der Waals surface area contributed by atoms with Gasteiger partial charge in [0.05, 0.1) is 0 Å². The lowest BCUT2D eigenvalue weighted by Gasteiger charge is -2.29. The minimum absolute atomic E-state index is 0.315. The fourth-order valence-electron chi connectivity index (χ4n) is 3.14. The zero-order valence-corrected chi connectivity index (χ0v) is 14.3. The first-order chi connectivity index (χ1) is 12.0. The molecular weight excluding hydrogens is 312 g/mol. The first-order valence-electron chi connectivity index (χ1n) is 8.15. The zero-order chi connectivity index (χ0) is 17.9. The molecule has 3 aromatic rings. The van der Waals surface area contributed by atoms with Crippen LogP contribution >= 0.6 is 0 Å². The molecule has 0 aliphatic rings. The van der Waals surface area contributed by atoms with Crippen LogP contribution in [0.15, 0.2) is 78.9 Å². The molecule has 3 heteroatoms. The van der Waals surface area contributed by atoms with Crippen LogP contribution in [0.5, 0.6) is 5.75 Å². The Morgan fingerprint density at radius 2 is 1.44 bits per heavy atom. The van der Waals surface area contributed by atoms with Crippen LogP contribution in [-0.2, 0) is 5.41 Å². The standard InChI is InChI=1S/C22H20O3/c1-22(2,17-12-7-4-8-13-17)18-14-9-15-19(25-21(23)24)20(18)16-10-5-3-6-11-16/h3-15H,1-2H3,(H,23,24). The molecule has 3 aromatic carbocycles. The molecule has 0 aliphatic carbocycles. The highest BCUT2D eigenvalue weighted by atomic mass is 16.7. The van der Waals surface area contributed by atoms with Crippen LogP contribution in [0.2, 0.25) is 0 Å². The summed E-state index contributed by atoms with van der Waals surface area (Å²) in [5, 5.41) is 9.13. The first-order valence-corrected chi connectivity index (χ1v) is 8.15. The Hall–Kier alpha value is -3.07. The van der Waals surface area contributed by atoms with E-state index in [1.807, 2.05) is 60.7 Å². The van der Waals surface area contributed by atoms with Crippen molar-refractivity contribution in [2.24, 2.45) is 0 Å². The number of rotatable bonds is 4. The lowest BCUT2D eigenvalue weighted by molar-refractivity contribution is 0.144. The van der Waals surface area contributed by atoms with E-state index in [-0.39, 0.29) is 5.41 Å². The summed E-state index contributed by atoms with van der Waals surface area (Å²) in [5.41, 5.74) is 3.59. The van der Waals surface area contributed by atoms with Gasteiger partial charge in [-0.3, -0.25) is 0 Å². The summed E-state index contributed by atoms with van der Waals surface area (Å²) < 4.78 is 5.09. The van der Waals surface area contributed by atoms with Crippen molar-refractivity contribution in [3.05, 3.63) is 90.0 Å². The van der Waals surface area contributed by atoms with Gasteiger partial charge in [-0.15, -0.1) is 0 Å². The van der Waals surface area contributed by atoms with Gasteiger partial charge in [-0.2, -0.15) is 0 Å². The number of ether oxygens (including phenoxy) is 1. The van der Waals surface area contributed by atoms with Crippen LogP contribution in [0, 0.1) is 0 Å². The molecule has 3 nitrogen and oxygen atoms in total.